The minimum Gasteiger partial charge on any atom is -0.443 e. The molecule has 0 radical (unpaired) electrons. The Morgan fingerprint density at radius 1 is 1.03 bits per heavy atom. The van der Waals surface area contributed by atoms with Crippen molar-refractivity contribution in [1.29, 1.82) is 0 Å². The number of hydrogen-bond acceptors (Lipinski definition) is 5. The zero-order chi connectivity index (χ0) is 26.7. The lowest BCUT2D eigenvalue weighted by atomic mass is 10.1. The van der Waals surface area contributed by atoms with Gasteiger partial charge in [-0.2, -0.15) is 0 Å². The number of urea groups is 1. The van der Waals surface area contributed by atoms with Gasteiger partial charge in [-0.3, -0.25) is 0 Å². The van der Waals surface area contributed by atoms with Gasteiger partial charge in [0.05, 0.1) is 19.9 Å². The van der Waals surface area contributed by atoms with Gasteiger partial charge in [0.25, 0.3) is 0 Å². The van der Waals surface area contributed by atoms with Gasteiger partial charge in [-0.05, 0) is 65.7 Å². The number of aryl methyl sites for hydroxylation is 1. The first kappa shape index (κ1) is 28.4. The highest BCUT2D eigenvalue weighted by molar-refractivity contribution is 9.10. The number of rotatable bonds is 2. The van der Waals surface area contributed by atoms with Crippen LogP contribution in [0.1, 0.15) is 52.7 Å². The third-order valence-electron chi connectivity index (χ3n) is 4.70. The Hall–Kier alpha value is -2.82. The molecule has 1 saturated heterocycles. The van der Waals surface area contributed by atoms with E-state index in [9.17, 15) is 14.4 Å². The summed E-state index contributed by atoms with van der Waals surface area (Å²) in [6.07, 6.45) is -1.53. The van der Waals surface area contributed by atoms with Crippen LogP contribution in [-0.4, -0.2) is 82.4 Å². The molecule has 0 aliphatic carbocycles. The number of hydrogen-bond donors (Lipinski definition) is 0. The maximum atomic E-state index is 13.4. The Balaban J connectivity index is 2.59. The topological polar surface area (TPSA) is 95.0 Å². The van der Waals surface area contributed by atoms with E-state index >= 15 is 0 Å². The second kappa shape index (κ2) is 10.8. The number of amides is 4. The molecule has 0 unspecified atom stereocenters. The van der Waals surface area contributed by atoms with Gasteiger partial charge in [-0.15, -0.1) is 4.99 Å². The number of benzene rings is 1. The molecule has 0 saturated carbocycles. The second-order valence-electron chi connectivity index (χ2n) is 10.5. The smallest absolute Gasteiger partial charge is 0.437 e. The van der Waals surface area contributed by atoms with E-state index in [4.69, 9.17) is 9.47 Å². The molecule has 0 aromatic heterocycles. The molecule has 2 rings (SSSR count). The molecular formula is C24H36BrN5O5. The van der Waals surface area contributed by atoms with Crippen LogP contribution in [0.4, 0.5) is 14.4 Å². The van der Waals surface area contributed by atoms with Gasteiger partial charge in [0, 0.05) is 18.6 Å². The first-order chi connectivity index (χ1) is 16.0. The lowest BCUT2D eigenvalue weighted by molar-refractivity contribution is 0.0300. The summed E-state index contributed by atoms with van der Waals surface area (Å²) >= 11 is 3.49. The predicted octanol–water partition coefficient (Wildman–Crippen LogP) is 5.00. The largest absolute Gasteiger partial charge is 0.443 e. The molecule has 35 heavy (non-hydrogen) atoms. The summed E-state index contributed by atoms with van der Waals surface area (Å²) < 4.78 is 12.0. The number of ether oxygens (including phenoxy) is 2. The van der Waals surface area contributed by atoms with Crippen LogP contribution >= 0.6 is 15.9 Å². The predicted molar refractivity (Wildman–Crippen MR) is 137 cm³/mol. The summed E-state index contributed by atoms with van der Waals surface area (Å²) in [4.78, 5) is 48.6. The van der Waals surface area contributed by atoms with Crippen LogP contribution < -0.4 is 0 Å². The number of carbonyl (C=O) groups is 3. The fraction of sp³-hybridized carbons (Fsp3) is 0.583. The first-order valence-corrected chi connectivity index (χ1v) is 12.0. The summed E-state index contributed by atoms with van der Waals surface area (Å²) in [5.74, 6) is 0.0280. The van der Waals surface area contributed by atoms with Crippen molar-refractivity contribution in [2.24, 2.45) is 4.99 Å². The van der Waals surface area contributed by atoms with Gasteiger partial charge < -0.3 is 24.2 Å². The molecule has 1 aliphatic rings. The lowest BCUT2D eigenvalue weighted by Crippen LogP contribution is -2.60. The van der Waals surface area contributed by atoms with E-state index in [0.717, 1.165) is 15.6 Å². The second-order valence-corrected chi connectivity index (χ2v) is 11.4. The highest BCUT2D eigenvalue weighted by atomic mass is 79.9. The molecule has 0 spiro atoms. The maximum Gasteiger partial charge on any atom is 0.437 e. The molecule has 0 bridgehead atoms. The van der Waals surface area contributed by atoms with Crippen molar-refractivity contribution in [1.82, 2.24) is 19.6 Å². The van der Waals surface area contributed by atoms with Crippen LogP contribution in [0.5, 0.6) is 0 Å². The van der Waals surface area contributed by atoms with E-state index in [1.165, 1.54) is 14.7 Å². The molecule has 11 heteroatoms. The van der Waals surface area contributed by atoms with Crippen LogP contribution in [0.3, 0.4) is 0 Å². The molecule has 194 valence electrons. The third-order valence-corrected chi connectivity index (χ3v) is 5.59. The highest BCUT2D eigenvalue weighted by Gasteiger charge is 2.35. The van der Waals surface area contributed by atoms with Crippen molar-refractivity contribution in [2.45, 2.75) is 66.2 Å². The molecule has 10 nitrogen and oxygen atoms in total. The molecule has 0 N–H and O–H groups in total. The molecule has 1 aliphatic heterocycles. The molecular weight excluding hydrogens is 518 g/mol. The maximum absolute atomic E-state index is 13.4. The number of guanidine groups is 1. The van der Waals surface area contributed by atoms with Crippen molar-refractivity contribution < 1.29 is 23.9 Å². The summed E-state index contributed by atoms with van der Waals surface area (Å²) in [6.45, 7) is 12.7. The van der Waals surface area contributed by atoms with E-state index in [-0.39, 0.29) is 31.9 Å². The van der Waals surface area contributed by atoms with Gasteiger partial charge in [-0.1, -0.05) is 28.1 Å². The average Bonchev–Trinajstić information content (AvgIpc) is 2.68. The summed E-state index contributed by atoms with van der Waals surface area (Å²) in [6, 6.07) is 5.51. The van der Waals surface area contributed by atoms with E-state index < -0.39 is 23.4 Å². The Bertz CT molecular complexity index is 985. The quantitative estimate of drug-likeness (QED) is 0.377. The zero-order valence-corrected chi connectivity index (χ0v) is 23.6. The van der Waals surface area contributed by atoms with Crippen molar-refractivity contribution in [3.8, 4) is 0 Å². The van der Waals surface area contributed by atoms with Crippen LogP contribution in [0.2, 0.25) is 0 Å². The Morgan fingerprint density at radius 2 is 1.57 bits per heavy atom. The van der Waals surface area contributed by atoms with E-state index in [0.29, 0.717) is 0 Å². The number of carbonyl (C=O) groups excluding carboxylic acids is 3. The van der Waals surface area contributed by atoms with Crippen molar-refractivity contribution in [3.63, 3.8) is 0 Å². The van der Waals surface area contributed by atoms with Crippen molar-refractivity contribution in [3.05, 3.63) is 33.8 Å². The zero-order valence-electron chi connectivity index (χ0n) is 22.0. The number of aliphatic imine (C=N–C) groups is 1. The third kappa shape index (κ3) is 8.41. The van der Waals surface area contributed by atoms with Crippen molar-refractivity contribution >= 4 is 40.1 Å². The highest BCUT2D eigenvalue weighted by Crippen LogP contribution is 2.21. The number of halogens is 1. The molecule has 1 heterocycles. The van der Waals surface area contributed by atoms with Crippen LogP contribution in [-0.2, 0) is 16.0 Å². The minimum absolute atomic E-state index is 0.0280. The average molecular weight is 554 g/mol. The SMILES string of the molecule is Cc1cc(CN(C(=O)OC(C)(C)C)C(=NC(=O)OC(C)(C)C)N2CN(C)C(=O)N(C)C2)ccc1Br. The van der Waals surface area contributed by atoms with Gasteiger partial charge in [0.2, 0.25) is 5.96 Å². The van der Waals surface area contributed by atoms with Crippen molar-refractivity contribution in [2.75, 3.05) is 27.4 Å². The number of nitrogens with zero attached hydrogens (tertiary/aromatic N) is 5. The lowest BCUT2D eigenvalue weighted by Gasteiger charge is -2.42. The van der Waals surface area contributed by atoms with E-state index in [1.807, 2.05) is 25.1 Å². The van der Waals surface area contributed by atoms with Gasteiger partial charge in [0.1, 0.15) is 11.2 Å². The van der Waals surface area contributed by atoms with E-state index in [2.05, 4.69) is 20.9 Å². The molecule has 1 fully saturated rings. The minimum atomic E-state index is -0.852. The molecule has 1 aromatic rings. The normalized spacial score (nSPS) is 15.3. The molecule has 1 aromatic carbocycles. The summed E-state index contributed by atoms with van der Waals surface area (Å²) in [5, 5.41) is 0. The summed E-state index contributed by atoms with van der Waals surface area (Å²) in [7, 11) is 3.26. The van der Waals surface area contributed by atoms with Crippen LogP contribution in [0, 0.1) is 6.92 Å². The van der Waals surface area contributed by atoms with Crippen LogP contribution in [0.15, 0.2) is 27.7 Å². The molecule has 4 amide bonds. The standard InChI is InChI=1S/C24H36BrN5O5/c1-16-12-17(10-11-18(16)25)13-30(22(33)35-24(5,6)7)19(26-20(31)34-23(2,3)4)29-14-27(8)21(32)28(9)15-29/h10-12H,13-15H2,1-9H3. The Labute approximate surface area is 216 Å². The fourth-order valence-corrected chi connectivity index (χ4v) is 3.53. The fourth-order valence-electron chi connectivity index (χ4n) is 3.29. The van der Waals surface area contributed by atoms with Gasteiger partial charge in [0.15, 0.2) is 0 Å². The van der Waals surface area contributed by atoms with Gasteiger partial charge in [-0.25, -0.2) is 19.3 Å². The Morgan fingerprint density at radius 3 is 2.06 bits per heavy atom. The monoisotopic (exact) mass is 553 g/mol. The van der Waals surface area contributed by atoms with E-state index in [1.54, 1.807) is 60.5 Å². The first-order valence-electron chi connectivity index (χ1n) is 11.3. The van der Waals surface area contributed by atoms with Gasteiger partial charge >= 0.3 is 18.2 Å². The summed E-state index contributed by atoms with van der Waals surface area (Å²) in [5.41, 5.74) is 0.230. The Kier molecular flexibility index (Phi) is 8.80. The van der Waals surface area contributed by atoms with Crippen LogP contribution in [0.25, 0.3) is 0 Å². The molecule has 0 atom stereocenters.